The molecule has 24 heavy (non-hydrogen) atoms. The standard InChI is InChI=1S/C21H35NO2/c1-17(23)11-7-4-3-5-10-14-19-16-21(24)20(22(19)2)15-18-12-8-6-9-13-18/h6,8-9,12-13,17,19-21,23-24H,3-5,7,10-11,14-16H2,1-2H3. The third-order valence-electron chi connectivity index (χ3n) is 5.50. The van der Waals surface area contributed by atoms with E-state index in [0.717, 1.165) is 25.7 Å². The van der Waals surface area contributed by atoms with Gasteiger partial charge in [0.1, 0.15) is 0 Å². The molecule has 0 aromatic heterocycles. The molecule has 2 rings (SSSR count). The van der Waals surface area contributed by atoms with Gasteiger partial charge >= 0.3 is 0 Å². The van der Waals surface area contributed by atoms with Crippen LogP contribution < -0.4 is 0 Å². The van der Waals surface area contributed by atoms with Crippen molar-refractivity contribution in [3.05, 3.63) is 35.9 Å². The van der Waals surface area contributed by atoms with E-state index in [4.69, 9.17) is 0 Å². The topological polar surface area (TPSA) is 43.7 Å². The van der Waals surface area contributed by atoms with Gasteiger partial charge in [-0.25, -0.2) is 0 Å². The average molecular weight is 334 g/mol. The van der Waals surface area contributed by atoms with Crippen LogP contribution in [0.15, 0.2) is 30.3 Å². The zero-order valence-electron chi connectivity index (χ0n) is 15.4. The molecule has 2 N–H and O–H groups in total. The third-order valence-corrected chi connectivity index (χ3v) is 5.50. The summed E-state index contributed by atoms with van der Waals surface area (Å²) in [6, 6.07) is 11.3. The summed E-state index contributed by atoms with van der Waals surface area (Å²) in [5, 5.41) is 19.7. The maximum absolute atomic E-state index is 10.5. The van der Waals surface area contributed by atoms with E-state index in [1.807, 2.05) is 13.0 Å². The Balaban J connectivity index is 1.66. The Hall–Kier alpha value is -0.900. The highest BCUT2D eigenvalue weighted by Gasteiger charge is 2.37. The lowest BCUT2D eigenvalue weighted by Gasteiger charge is -2.26. The highest BCUT2D eigenvalue weighted by Crippen LogP contribution is 2.29. The first-order valence-corrected chi connectivity index (χ1v) is 9.70. The van der Waals surface area contributed by atoms with Gasteiger partial charge in [-0.05, 0) is 45.2 Å². The van der Waals surface area contributed by atoms with Crippen molar-refractivity contribution in [2.75, 3.05) is 7.05 Å². The number of rotatable bonds is 10. The van der Waals surface area contributed by atoms with Crippen molar-refractivity contribution in [2.45, 2.75) is 89.0 Å². The predicted octanol–water partition coefficient (Wildman–Crippen LogP) is 3.77. The van der Waals surface area contributed by atoms with Gasteiger partial charge in [-0.1, -0.05) is 62.4 Å². The van der Waals surface area contributed by atoms with Crippen LogP contribution in [0.25, 0.3) is 0 Å². The summed E-state index contributed by atoms with van der Waals surface area (Å²) in [4.78, 5) is 2.41. The second-order valence-corrected chi connectivity index (χ2v) is 7.57. The number of likely N-dealkylation sites (tertiary alicyclic amines) is 1. The van der Waals surface area contributed by atoms with Gasteiger partial charge in [0.05, 0.1) is 12.2 Å². The second-order valence-electron chi connectivity index (χ2n) is 7.57. The number of likely N-dealkylation sites (N-methyl/N-ethyl adjacent to an activating group) is 1. The summed E-state index contributed by atoms with van der Waals surface area (Å²) in [5.74, 6) is 0. The molecule has 3 heteroatoms. The lowest BCUT2D eigenvalue weighted by Crippen LogP contribution is -2.37. The number of hydrogen-bond acceptors (Lipinski definition) is 3. The molecule has 1 heterocycles. The minimum Gasteiger partial charge on any atom is -0.393 e. The molecule has 4 atom stereocenters. The highest BCUT2D eigenvalue weighted by molar-refractivity contribution is 5.17. The quantitative estimate of drug-likeness (QED) is 0.641. The summed E-state index contributed by atoms with van der Waals surface area (Å²) in [6.45, 7) is 1.87. The largest absolute Gasteiger partial charge is 0.393 e. The molecule has 1 aromatic rings. The molecule has 1 fully saturated rings. The normalized spacial score (nSPS) is 25.9. The smallest absolute Gasteiger partial charge is 0.0713 e. The molecule has 0 amide bonds. The molecule has 3 nitrogen and oxygen atoms in total. The van der Waals surface area contributed by atoms with Crippen molar-refractivity contribution < 1.29 is 10.2 Å². The lowest BCUT2D eigenvalue weighted by molar-refractivity contribution is 0.123. The average Bonchev–Trinajstić information content (AvgIpc) is 2.82. The molecule has 0 bridgehead atoms. The minimum absolute atomic E-state index is 0.153. The Morgan fingerprint density at radius 3 is 2.46 bits per heavy atom. The SMILES string of the molecule is CC(O)CCCCCCCC1CC(O)C(Cc2ccccc2)N1C. The van der Waals surface area contributed by atoms with Crippen LogP contribution in [0.2, 0.25) is 0 Å². The summed E-state index contributed by atoms with van der Waals surface area (Å²) in [5.41, 5.74) is 1.31. The number of benzene rings is 1. The van der Waals surface area contributed by atoms with Gasteiger partial charge in [0.2, 0.25) is 0 Å². The number of nitrogens with zero attached hydrogens (tertiary/aromatic N) is 1. The van der Waals surface area contributed by atoms with E-state index >= 15 is 0 Å². The van der Waals surface area contributed by atoms with Crippen molar-refractivity contribution in [1.82, 2.24) is 4.90 Å². The van der Waals surface area contributed by atoms with Gasteiger partial charge in [0.25, 0.3) is 0 Å². The molecule has 0 radical (unpaired) electrons. The van der Waals surface area contributed by atoms with Crippen molar-refractivity contribution in [2.24, 2.45) is 0 Å². The fourth-order valence-corrected chi connectivity index (χ4v) is 3.95. The molecular formula is C21H35NO2. The molecule has 1 aliphatic heterocycles. The molecule has 4 unspecified atom stereocenters. The highest BCUT2D eigenvalue weighted by atomic mass is 16.3. The van der Waals surface area contributed by atoms with Crippen molar-refractivity contribution in [1.29, 1.82) is 0 Å². The zero-order chi connectivity index (χ0) is 17.4. The summed E-state index contributed by atoms with van der Waals surface area (Å²) < 4.78 is 0. The fourth-order valence-electron chi connectivity index (χ4n) is 3.95. The van der Waals surface area contributed by atoms with Crippen LogP contribution >= 0.6 is 0 Å². The van der Waals surface area contributed by atoms with Crippen molar-refractivity contribution >= 4 is 0 Å². The van der Waals surface area contributed by atoms with Crippen LogP contribution in [0.4, 0.5) is 0 Å². The predicted molar refractivity (Wildman–Crippen MR) is 100 cm³/mol. The van der Waals surface area contributed by atoms with E-state index in [0.29, 0.717) is 6.04 Å². The van der Waals surface area contributed by atoms with E-state index in [-0.39, 0.29) is 18.2 Å². The van der Waals surface area contributed by atoms with Gasteiger partial charge in [-0.2, -0.15) is 0 Å². The summed E-state index contributed by atoms with van der Waals surface area (Å²) >= 11 is 0. The van der Waals surface area contributed by atoms with E-state index in [1.165, 1.54) is 37.7 Å². The first-order chi connectivity index (χ1) is 11.6. The maximum atomic E-state index is 10.5. The van der Waals surface area contributed by atoms with Crippen LogP contribution in [-0.4, -0.2) is 46.5 Å². The lowest BCUT2D eigenvalue weighted by atomic mass is 10.0. The summed E-state index contributed by atoms with van der Waals surface area (Å²) in [6.07, 6.45) is 9.76. The number of unbranched alkanes of at least 4 members (excludes halogenated alkanes) is 4. The van der Waals surface area contributed by atoms with Gasteiger partial charge in [0.15, 0.2) is 0 Å². The zero-order valence-corrected chi connectivity index (χ0v) is 15.4. The molecule has 1 aromatic carbocycles. The maximum Gasteiger partial charge on any atom is 0.0713 e. The Bertz CT molecular complexity index is 448. The van der Waals surface area contributed by atoms with Crippen LogP contribution in [0.5, 0.6) is 0 Å². The molecule has 0 spiro atoms. The Kier molecular flexibility index (Phi) is 8.23. The molecule has 136 valence electrons. The second kappa shape index (κ2) is 10.2. The van der Waals surface area contributed by atoms with E-state index < -0.39 is 0 Å². The molecule has 0 aliphatic carbocycles. The van der Waals surface area contributed by atoms with Crippen LogP contribution in [0.3, 0.4) is 0 Å². The molecule has 1 aliphatic rings. The van der Waals surface area contributed by atoms with Crippen molar-refractivity contribution in [3.63, 3.8) is 0 Å². The first-order valence-electron chi connectivity index (χ1n) is 9.70. The van der Waals surface area contributed by atoms with E-state index in [2.05, 4.69) is 36.2 Å². The Labute approximate surface area is 147 Å². The van der Waals surface area contributed by atoms with Gasteiger partial charge in [0, 0.05) is 12.1 Å². The fraction of sp³-hybridized carbons (Fsp3) is 0.714. The number of aliphatic hydroxyl groups is 2. The Morgan fingerprint density at radius 2 is 1.75 bits per heavy atom. The van der Waals surface area contributed by atoms with Gasteiger partial charge in [-0.15, -0.1) is 0 Å². The van der Waals surface area contributed by atoms with Crippen LogP contribution in [0.1, 0.15) is 63.9 Å². The monoisotopic (exact) mass is 333 g/mol. The Morgan fingerprint density at radius 1 is 1.08 bits per heavy atom. The first kappa shape index (κ1) is 19.4. The number of aliphatic hydroxyl groups excluding tert-OH is 2. The number of hydrogen-bond donors (Lipinski definition) is 2. The van der Waals surface area contributed by atoms with Crippen LogP contribution in [-0.2, 0) is 6.42 Å². The summed E-state index contributed by atoms with van der Waals surface area (Å²) in [7, 11) is 2.18. The third kappa shape index (κ3) is 6.19. The van der Waals surface area contributed by atoms with Gasteiger partial charge < -0.3 is 10.2 Å². The van der Waals surface area contributed by atoms with Crippen LogP contribution in [0, 0.1) is 0 Å². The molecule has 1 saturated heterocycles. The molecule has 0 saturated carbocycles. The van der Waals surface area contributed by atoms with Gasteiger partial charge in [-0.3, -0.25) is 4.90 Å². The van der Waals surface area contributed by atoms with Crippen molar-refractivity contribution in [3.8, 4) is 0 Å². The van der Waals surface area contributed by atoms with E-state index in [1.54, 1.807) is 0 Å². The minimum atomic E-state index is -0.203. The van der Waals surface area contributed by atoms with E-state index in [9.17, 15) is 10.2 Å². The molecular weight excluding hydrogens is 298 g/mol.